The smallest absolute Gasteiger partial charge is 0.258 e. The number of carbonyl (C=O) groups excluding carboxylic acids is 1. The lowest BCUT2D eigenvalue weighted by atomic mass is 9.82. The molecule has 1 amide bonds. The molecule has 4 nitrogen and oxygen atoms in total. The van der Waals surface area contributed by atoms with E-state index in [-0.39, 0.29) is 29.1 Å². The maximum Gasteiger partial charge on any atom is 0.258 e. The van der Waals surface area contributed by atoms with E-state index in [0.717, 1.165) is 35.2 Å². The van der Waals surface area contributed by atoms with Crippen LogP contribution in [0.1, 0.15) is 86.2 Å². The molecule has 0 bridgehead atoms. The van der Waals surface area contributed by atoms with Gasteiger partial charge in [-0.05, 0) is 77.6 Å². The summed E-state index contributed by atoms with van der Waals surface area (Å²) in [6.45, 7) is 11.2. The fraction of sp³-hybridized carbons (Fsp3) is 0.387. The predicted molar refractivity (Wildman–Crippen MR) is 141 cm³/mol. The third-order valence-electron chi connectivity index (χ3n) is 7.59. The van der Waals surface area contributed by atoms with Gasteiger partial charge < -0.3 is 0 Å². The van der Waals surface area contributed by atoms with E-state index < -0.39 is 0 Å². The molecule has 0 aliphatic carbocycles. The minimum absolute atomic E-state index is 0.00665. The van der Waals surface area contributed by atoms with Crippen molar-refractivity contribution in [3.8, 4) is 0 Å². The molecule has 0 N–H and O–H groups in total. The average Bonchev–Trinajstić information content (AvgIpc) is 3.15. The molecule has 3 aromatic rings. The van der Waals surface area contributed by atoms with Crippen molar-refractivity contribution in [3.63, 3.8) is 0 Å². The van der Waals surface area contributed by atoms with Gasteiger partial charge in [0.15, 0.2) is 0 Å². The van der Waals surface area contributed by atoms with Crippen molar-refractivity contribution in [2.45, 2.75) is 77.1 Å². The number of carbonyl (C=O) groups is 1. The Kier molecular flexibility index (Phi) is 6.06. The first-order chi connectivity index (χ1) is 16.7. The van der Waals surface area contributed by atoms with Crippen LogP contribution in [0, 0.1) is 6.92 Å². The van der Waals surface area contributed by atoms with Gasteiger partial charge in [0.25, 0.3) is 5.91 Å². The number of hydroxylamine groups is 2. The molecule has 1 fully saturated rings. The number of benzene rings is 3. The molecule has 3 aromatic carbocycles. The minimum Gasteiger partial charge on any atom is -0.297 e. The molecule has 5 rings (SSSR count). The molecular weight excluding hydrogens is 432 g/mol. The Morgan fingerprint density at radius 3 is 2.09 bits per heavy atom. The molecule has 35 heavy (non-hydrogen) atoms. The Morgan fingerprint density at radius 2 is 1.46 bits per heavy atom. The average molecular weight is 469 g/mol. The largest absolute Gasteiger partial charge is 0.297 e. The van der Waals surface area contributed by atoms with E-state index >= 15 is 0 Å². The second-order valence-corrected chi connectivity index (χ2v) is 11.3. The monoisotopic (exact) mass is 468 g/mol. The number of amides is 1. The van der Waals surface area contributed by atoms with Gasteiger partial charge in [-0.2, -0.15) is 5.06 Å². The molecule has 0 spiro atoms. The molecular formula is C31H36N2O2. The van der Waals surface area contributed by atoms with Gasteiger partial charge in [-0.15, -0.1) is 0 Å². The normalized spacial score (nSPS) is 23.2. The van der Waals surface area contributed by atoms with Crippen molar-refractivity contribution in [3.05, 3.63) is 101 Å². The van der Waals surface area contributed by atoms with Crippen molar-refractivity contribution >= 4 is 11.6 Å². The van der Waals surface area contributed by atoms with Crippen LogP contribution in [-0.2, 0) is 4.84 Å². The van der Waals surface area contributed by atoms with Crippen LogP contribution >= 0.6 is 0 Å². The number of rotatable bonds is 4. The van der Waals surface area contributed by atoms with E-state index in [4.69, 9.17) is 4.84 Å². The van der Waals surface area contributed by atoms with Crippen LogP contribution in [0.2, 0.25) is 0 Å². The molecule has 0 unspecified atom stereocenters. The SMILES string of the molecule is Cc1ccc2c(c1)[C@H](ON1C(C)(C)CCCC1(C)C)[C@@H](c1ccccc1)N2C(=O)c1ccccc1. The first-order valence-corrected chi connectivity index (χ1v) is 12.7. The molecule has 0 aromatic heterocycles. The third kappa shape index (κ3) is 4.30. The highest BCUT2D eigenvalue weighted by atomic mass is 16.7. The van der Waals surface area contributed by atoms with E-state index in [9.17, 15) is 4.79 Å². The number of hydrogen-bond donors (Lipinski definition) is 0. The zero-order valence-electron chi connectivity index (χ0n) is 21.5. The first-order valence-electron chi connectivity index (χ1n) is 12.7. The highest BCUT2D eigenvalue weighted by Crippen LogP contribution is 2.53. The Labute approximate surface area is 209 Å². The van der Waals surface area contributed by atoms with Gasteiger partial charge in [0, 0.05) is 22.2 Å². The van der Waals surface area contributed by atoms with Gasteiger partial charge in [0.2, 0.25) is 0 Å². The second-order valence-electron chi connectivity index (χ2n) is 11.3. The summed E-state index contributed by atoms with van der Waals surface area (Å²) in [4.78, 5) is 23.1. The zero-order valence-corrected chi connectivity index (χ0v) is 21.5. The fourth-order valence-electron chi connectivity index (χ4n) is 6.00. The van der Waals surface area contributed by atoms with Crippen molar-refractivity contribution in [1.29, 1.82) is 0 Å². The molecule has 0 radical (unpaired) electrons. The summed E-state index contributed by atoms with van der Waals surface area (Å²) >= 11 is 0. The third-order valence-corrected chi connectivity index (χ3v) is 7.59. The Balaban J connectivity index is 1.66. The van der Waals surface area contributed by atoms with Crippen molar-refractivity contribution in [2.24, 2.45) is 0 Å². The highest BCUT2D eigenvalue weighted by Gasteiger charge is 2.49. The summed E-state index contributed by atoms with van der Waals surface area (Å²) in [7, 11) is 0. The molecule has 2 atom stereocenters. The summed E-state index contributed by atoms with van der Waals surface area (Å²) < 4.78 is 0. The summed E-state index contributed by atoms with van der Waals surface area (Å²) in [5, 5.41) is 2.23. The van der Waals surface area contributed by atoms with Gasteiger partial charge in [-0.3, -0.25) is 14.5 Å². The van der Waals surface area contributed by atoms with Crippen LogP contribution in [0.3, 0.4) is 0 Å². The van der Waals surface area contributed by atoms with Gasteiger partial charge >= 0.3 is 0 Å². The molecule has 4 heteroatoms. The van der Waals surface area contributed by atoms with Gasteiger partial charge in [-0.25, -0.2) is 0 Å². The number of fused-ring (bicyclic) bond motifs is 1. The van der Waals surface area contributed by atoms with E-state index in [1.54, 1.807) is 0 Å². The van der Waals surface area contributed by atoms with Gasteiger partial charge in [0.05, 0.1) is 11.7 Å². The maximum absolute atomic E-state index is 14.0. The maximum atomic E-state index is 14.0. The number of aryl methyl sites for hydroxylation is 1. The highest BCUT2D eigenvalue weighted by molar-refractivity contribution is 6.08. The Hall–Kier alpha value is -2.95. The summed E-state index contributed by atoms with van der Waals surface area (Å²) in [5.74, 6) is -0.00665. The molecule has 2 aliphatic rings. The Bertz CT molecular complexity index is 1190. The standard InChI is InChI=1S/C31H36N2O2/c1-22-17-18-26-25(21-22)28(35-33-30(2,3)19-12-20-31(33,4)5)27(23-13-8-6-9-14-23)32(26)29(34)24-15-10-7-11-16-24/h6-11,13-18,21,27-28H,12,19-20H2,1-5H3/t27-,28+/m1/s1. The van der Waals surface area contributed by atoms with Crippen LogP contribution in [0.25, 0.3) is 0 Å². The van der Waals surface area contributed by atoms with Crippen LogP contribution in [0.15, 0.2) is 78.9 Å². The van der Waals surface area contributed by atoms with E-state index in [2.05, 4.69) is 70.0 Å². The zero-order chi connectivity index (χ0) is 24.8. The van der Waals surface area contributed by atoms with Crippen molar-refractivity contribution in [2.75, 3.05) is 4.90 Å². The second kappa shape index (κ2) is 8.92. The topological polar surface area (TPSA) is 32.8 Å². The first kappa shape index (κ1) is 23.8. The minimum atomic E-state index is -0.309. The molecule has 2 heterocycles. The quantitative estimate of drug-likeness (QED) is 0.400. The number of anilines is 1. The van der Waals surface area contributed by atoms with Gasteiger partial charge in [-0.1, -0.05) is 66.2 Å². The molecule has 0 saturated carbocycles. The van der Waals surface area contributed by atoms with Crippen LogP contribution in [0.5, 0.6) is 0 Å². The predicted octanol–water partition coefficient (Wildman–Crippen LogP) is 7.41. The summed E-state index contributed by atoms with van der Waals surface area (Å²) in [5.41, 5.74) is 4.70. The van der Waals surface area contributed by atoms with Crippen LogP contribution in [-0.4, -0.2) is 22.0 Å². The Morgan fingerprint density at radius 1 is 0.857 bits per heavy atom. The lowest BCUT2D eigenvalue weighted by molar-refractivity contribution is -0.309. The van der Waals surface area contributed by atoms with Crippen LogP contribution in [0.4, 0.5) is 5.69 Å². The molecule has 2 aliphatic heterocycles. The fourth-order valence-corrected chi connectivity index (χ4v) is 6.00. The number of nitrogens with zero attached hydrogens (tertiary/aromatic N) is 2. The van der Waals surface area contributed by atoms with E-state index in [1.165, 1.54) is 6.42 Å². The number of piperidine rings is 1. The van der Waals surface area contributed by atoms with E-state index in [1.807, 2.05) is 53.4 Å². The van der Waals surface area contributed by atoms with Crippen molar-refractivity contribution < 1.29 is 9.63 Å². The summed E-state index contributed by atoms with van der Waals surface area (Å²) in [6, 6.07) is 26.0. The van der Waals surface area contributed by atoms with E-state index in [0.29, 0.717) is 5.56 Å². The van der Waals surface area contributed by atoms with Crippen molar-refractivity contribution in [1.82, 2.24) is 5.06 Å². The number of hydrogen-bond acceptors (Lipinski definition) is 3. The lowest BCUT2D eigenvalue weighted by Gasteiger charge is -2.52. The lowest BCUT2D eigenvalue weighted by Crippen LogP contribution is -2.58. The van der Waals surface area contributed by atoms with Crippen LogP contribution < -0.4 is 4.90 Å². The molecule has 1 saturated heterocycles. The summed E-state index contributed by atoms with van der Waals surface area (Å²) in [6.07, 6.45) is 3.02. The van der Waals surface area contributed by atoms with Gasteiger partial charge in [0.1, 0.15) is 6.10 Å². The molecule has 182 valence electrons.